The number of rotatable bonds is 2. The highest BCUT2D eigenvalue weighted by atomic mass is 79.9. The lowest BCUT2D eigenvalue weighted by atomic mass is 10.3. The van der Waals surface area contributed by atoms with Crippen LogP contribution in [0.3, 0.4) is 0 Å². The van der Waals surface area contributed by atoms with Crippen LogP contribution >= 0.6 is 15.9 Å². The predicted molar refractivity (Wildman–Crippen MR) is 57.9 cm³/mol. The Morgan fingerprint density at radius 1 is 1.53 bits per heavy atom. The van der Waals surface area contributed by atoms with Crippen molar-refractivity contribution in [1.29, 1.82) is 5.41 Å². The fraction of sp³-hybridized carbons (Fsp3) is 0. The van der Waals surface area contributed by atoms with Crippen LogP contribution in [0.15, 0.2) is 28.7 Å². The maximum Gasteiger partial charge on any atom is 0.299 e. The minimum absolute atomic E-state index is 0.212. The predicted octanol–water partition coefficient (Wildman–Crippen LogP) is 0.858. The zero-order chi connectivity index (χ0) is 11.8. The van der Waals surface area contributed by atoms with Crippen molar-refractivity contribution in [3.63, 3.8) is 0 Å². The summed E-state index contributed by atoms with van der Waals surface area (Å²) < 4.78 is 0.747. The van der Waals surface area contributed by atoms with Crippen molar-refractivity contribution in [3.8, 4) is 5.75 Å². The fourth-order valence-corrected chi connectivity index (χ4v) is 0.988. The molecule has 0 spiro atoms. The first-order valence-corrected chi connectivity index (χ1v) is 4.38. The lowest BCUT2D eigenvalue weighted by Gasteiger charge is -1.96. The molecule has 0 radical (unpaired) electrons. The average Bonchev–Trinajstić information content (AvgIpc) is 2.00. The minimum Gasteiger partial charge on any atom is -0.370 e. The quantitative estimate of drug-likeness (QED) is 0.319. The normalized spacial score (nSPS) is 8.33. The molecule has 0 aliphatic heterocycles. The van der Waals surface area contributed by atoms with Crippen molar-refractivity contribution in [2.24, 2.45) is 11.5 Å². The molecule has 0 aliphatic rings. The monoisotopic (exact) mass is 276 g/mol. The molecule has 82 valence electrons. The Morgan fingerprint density at radius 2 is 2.07 bits per heavy atom. The summed E-state index contributed by atoms with van der Waals surface area (Å²) in [5.41, 5.74) is 8.94. The Hall–Kier alpha value is -1.83. The number of benzene rings is 1. The molecule has 0 heterocycles. The van der Waals surface area contributed by atoms with Gasteiger partial charge in [-0.05, 0) is 18.2 Å². The molecule has 15 heavy (non-hydrogen) atoms. The van der Waals surface area contributed by atoms with Gasteiger partial charge in [0, 0.05) is 4.47 Å². The first-order chi connectivity index (χ1) is 6.91. The summed E-state index contributed by atoms with van der Waals surface area (Å²) in [4.78, 5) is 14.0. The van der Waals surface area contributed by atoms with Gasteiger partial charge in [0.2, 0.25) is 0 Å². The highest BCUT2D eigenvalue weighted by Gasteiger charge is 1.97. The second-order valence-electron chi connectivity index (χ2n) is 2.23. The Morgan fingerprint density at radius 3 is 2.47 bits per heavy atom. The minimum atomic E-state index is -0.845. The van der Waals surface area contributed by atoms with E-state index in [1.54, 1.807) is 12.1 Å². The summed E-state index contributed by atoms with van der Waals surface area (Å²) in [7, 11) is 0. The molecule has 1 rings (SSSR count). The molecule has 0 unspecified atom stereocenters. The summed E-state index contributed by atoms with van der Waals surface area (Å²) in [5, 5.41) is 15.1. The van der Waals surface area contributed by atoms with E-state index in [0.29, 0.717) is 0 Å². The first kappa shape index (κ1) is 13.2. The molecule has 0 saturated heterocycles. The number of guanidine groups is 1. The Balaban J connectivity index is 0.000000423. The van der Waals surface area contributed by atoms with Crippen molar-refractivity contribution < 1.29 is 9.92 Å². The lowest BCUT2D eigenvalue weighted by molar-refractivity contribution is -0.711. The van der Waals surface area contributed by atoms with Crippen LogP contribution in [0.2, 0.25) is 0 Å². The number of hydrogen-bond donors (Lipinski definition) is 3. The molecule has 1 aromatic rings. The standard InChI is InChI=1S/C6H4BrNO3.CH5N3/c7-5-2-1-3-6(4-5)11-8(9)10;2-1(3)4/h1-4H;(H5,2,3,4). The average molecular weight is 277 g/mol. The van der Waals surface area contributed by atoms with E-state index in [9.17, 15) is 10.1 Å². The summed E-state index contributed by atoms with van der Waals surface area (Å²) in [6.07, 6.45) is 0. The molecule has 0 aromatic heterocycles. The van der Waals surface area contributed by atoms with Gasteiger partial charge in [0.1, 0.15) is 5.75 Å². The topological polar surface area (TPSA) is 128 Å². The maximum absolute atomic E-state index is 9.85. The molecule has 0 amide bonds. The number of nitrogens with zero attached hydrogens (tertiary/aromatic N) is 1. The van der Waals surface area contributed by atoms with Crippen molar-refractivity contribution in [2.75, 3.05) is 0 Å². The third-order valence-corrected chi connectivity index (χ3v) is 1.47. The van der Waals surface area contributed by atoms with Gasteiger partial charge in [0.05, 0.1) is 0 Å². The Bertz CT molecular complexity index is 354. The SMILES string of the molecule is N=C(N)N.O=[N+]([O-])Oc1cccc(Br)c1. The van der Waals surface area contributed by atoms with E-state index in [1.807, 2.05) is 0 Å². The largest absolute Gasteiger partial charge is 0.370 e. The van der Waals surface area contributed by atoms with Gasteiger partial charge < -0.3 is 11.5 Å². The molecule has 0 aliphatic carbocycles. The van der Waals surface area contributed by atoms with E-state index < -0.39 is 5.09 Å². The smallest absolute Gasteiger partial charge is 0.299 e. The van der Waals surface area contributed by atoms with Crippen molar-refractivity contribution in [1.82, 2.24) is 0 Å². The third-order valence-electron chi connectivity index (χ3n) is 0.976. The van der Waals surface area contributed by atoms with Crippen LogP contribution in [-0.2, 0) is 0 Å². The number of nitrogens with two attached hydrogens (primary N) is 2. The number of nitrogens with one attached hydrogen (secondary N) is 1. The van der Waals surface area contributed by atoms with Gasteiger partial charge in [-0.25, -0.2) is 0 Å². The van der Waals surface area contributed by atoms with Crippen LogP contribution in [0.4, 0.5) is 0 Å². The molecule has 7 nitrogen and oxygen atoms in total. The van der Waals surface area contributed by atoms with Gasteiger partial charge in [-0.15, -0.1) is 10.1 Å². The maximum atomic E-state index is 9.85. The summed E-state index contributed by atoms with van der Waals surface area (Å²) in [5.74, 6) is -0.121. The van der Waals surface area contributed by atoms with Gasteiger partial charge in [-0.2, -0.15) is 0 Å². The van der Waals surface area contributed by atoms with E-state index in [4.69, 9.17) is 5.41 Å². The zero-order valence-electron chi connectivity index (χ0n) is 7.51. The van der Waals surface area contributed by atoms with Crippen LogP contribution in [0, 0.1) is 15.5 Å². The van der Waals surface area contributed by atoms with Crippen LogP contribution < -0.4 is 16.3 Å². The Kier molecular flexibility index (Phi) is 5.79. The van der Waals surface area contributed by atoms with Gasteiger partial charge >= 0.3 is 0 Å². The molecule has 0 fully saturated rings. The molecule has 1 aromatic carbocycles. The second kappa shape index (κ2) is 6.60. The van der Waals surface area contributed by atoms with E-state index in [1.165, 1.54) is 12.1 Å². The molecule has 0 saturated carbocycles. The highest BCUT2D eigenvalue weighted by Crippen LogP contribution is 2.17. The molecular formula is C7H9BrN4O3. The molecule has 8 heteroatoms. The van der Waals surface area contributed by atoms with E-state index in [-0.39, 0.29) is 11.7 Å². The lowest BCUT2D eigenvalue weighted by Crippen LogP contribution is -2.20. The van der Waals surface area contributed by atoms with Gasteiger partial charge in [0.15, 0.2) is 5.96 Å². The summed E-state index contributed by atoms with van der Waals surface area (Å²) in [6, 6.07) is 6.44. The van der Waals surface area contributed by atoms with Crippen molar-refractivity contribution >= 4 is 21.9 Å². The third kappa shape index (κ3) is 8.50. The number of halogens is 1. The summed E-state index contributed by atoms with van der Waals surface area (Å²) in [6.45, 7) is 0. The molecule has 0 atom stereocenters. The molecule has 0 bridgehead atoms. The van der Waals surface area contributed by atoms with Crippen molar-refractivity contribution in [2.45, 2.75) is 0 Å². The van der Waals surface area contributed by atoms with E-state index in [2.05, 4.69) is 32.2 Å². The van der Waals surface area contributed by atoms with Crippen molar-refractivity contribution in [3.05, 3.63) is 38.9 Å². The Labute approximate surface area is 93.8 Å². The van der Waals surface area contributed by atoms with Crippen LogP contribution in [0.25, 0.3) is 0 Å². The molecule has 5 N–H and O–H groups in total. The summed E-state index contributed by atoms with van der Waals surface area (Å²) >= 11 is 3.15. The first-order valence-electron chi connectivity index (χ1n) is 3.59. The van der Waals surface area contributed by atoms with Crippen LogP contribution in [0.1, 0.15) is 0 Å². The highest BCUT2D eigenvalue weighted by molar-refractivity contribution is 9.10. The van der Waals surface area contributed by atoms with Crippen LogP contribution in [0.5, 0.6) is 5.75 Å². The van der Waals surface area contributed by atoms with Gasteiger partial charge in [-0.3, -0.25) is 10.2 Å². The number of hydrogen-bond acceptors (Lipinski definition) is 4. The fourth-order valence-electron chi connectivity index (χ4n) is 0.610. The zero-order valence-corrected chi connectivity index (χ0v) is 9.10. The molecular weight excluding hydrogens is 268 g/mol. The van der Waals surface area contributed by atoms with E-state index >= 15 is 0 Å². The van der Waals surface area contributed by atoms with E-state index in [0.717, 1.165) is 4.47 Å². The van der Waals surface area contributed by atoms with Crippen LogP contribution in [-0.4, -0.2) is 11.0 Å². The van der Waals surface area contributed by atoms with Gasteiger partial charge in [0.25, 0.3) is 5.09 Å². The second-order valence-corrected chi connectivity index (χ2v) is 3.14. The van der Waals surface area contributed by atoms with Gasteiger partial charge in [-0.1, -0.05) is 22.0 Å².